The molecule has 2 unspecified atom stereocenters. The number of fused-ring (bicyclic) bond motifs is 3. The highest BCUT2D eigenvalue weighted by Gasteiger charge is 2.50. The van der Waals surface area contributed by atoms with Crippen molar-refractivity contribution in [1.29, 1.82) is 0 Å². The maximum absolute atomic E-state index is 14.3. The van der Waals surface area contributed by atoms with E-state index in [1.807, 2.05) is 6.92 Å². The van der Waals surface area contributed by atoms with E-state index in [1.54, 1.807) is 0 Å². The minimum Gasteiger partial charge on any atom is -0.490 e. The van der Waals surface area contributed by atoms with Crippen molar-refractivity contribution in [1.82, 2.24) is 0 Å². The predicted molar refractivity (Wildman–Crippen MR) is 72.0 cm³/mol. The number of halogens is 2. The predicted octanol–water partition coefficient (Wildman–Crippen LogP) is 3.82. The molecule has 0 N–H and O–H groups in total. The lowest BCUT2D eigenvalue weighted by Gasteiger charge is -2.49. The van der Waals surface area contributed by atoms with Crippen LogP contribution in [0.15, 0.2) is 12.1 Å². The average molecular weight is 282 g/mol. The molecule has 0 amide bonds. The molecular formula is C16H20F2O2. The van der Waals surface area contributed by atoms with E-state index < -0.39 is 11.2 Å². The van der Waals surface area contributed by atoms with E-state index in [1.165, 1.54) is 6.07 Å². The number of rotatable bonds is 2. The summed E-state index contributed by atoms with van der Waals surface area (Å²) in [5.41, 5.74) is -0.00384. The first kappa shape index (κ1) is 13.8. The third-order valence-corrected chi connectivity index (χ3v) is 4.83. The molecule has 1 saturated heterocycles. The van der Waals surface area contributed by atoms with Gasteiger partial charge in [0.05, 0.1) is 12.7 Å². The van der Waals surface area contributed by atoms with Crippen LogP contribution in [0.5, 0.6) is 5.75 Å². The molecule has 0 bridgehead atoms. The molecule has 0 aromatic heterocycles. The van der Waals surface area contributed by atoms with Gasteiger partial charge in [-0.15, -0.1) is 0 Å². The quantitative estimate of drug-likeness (QED) is 0.821. The van der Waals surface area contributed by atoms with Crippen molar-refractivity contribution in [3.63, 3.8) is 0 Å². The van der Waals surface area contributed by atoms with Crippen LogP contribution in [0.25, 0.3) is 0 Å². The van der Waals surface area contributed by atoms with Crippen LogP contribution >= 0.6 is 0 Å². The molecule has 3 rings (SSSR count). The van der Waals surface area contributed by atoms with E-state index in [2.05, 4.69) is 6.92 Å². The highest BCUT2D eigenvalue weighted by atomic mass is 19.1. The van der Waals surface area contributed by atoms with Gasteiger partial charge in [0.1, 0.15) is 5.82 Å². The van der Waals surface area contributed by atoms with Gasteiger partial charge in [0.15, 0.2) is 11.6 Å². The Morgan fingerprint density at radius 2 is 2.05 bits per heavy atom. The van der Waals surface area contributed by atoms with Crippen LogP contribution in [-0.2, 0) is 10.2 Å². The Morgan fingerprint density at radius 1 is 1.30 bits per heavy atom. The normalized spacial score (nSPS) is 32.2. The Kier molecular flexibility index (Phi) is 3.44. The van der Waals surface area contributed by atoms with Crippen molar-refractivity contribution in [2.75, 3.05) is 13.2 Å². The first-order chi connectivity index (χ1) is 9.58. The molecule has 3 atom stereocenters. The first-order valence-electron chi connectivity index (χ1n) is 7.30. The maximum atomic E-state index is 14.3. The summed E-state index contributed by atoms with van der Waals surface area (Å²) in [4.78, 5) is 0. The van der Waals surface area contributed by atoms with Gasteiger partial charge in [-0.3, -0.25) is 0 Å². The summed E-state index contributed by atoms with van der Waals surface area (Å²) >= 11 is 0. The first-order valence-corrected chi connectivity index (χ1v) is 7.30. The van der Waals surface area contributed by atoms with Crippen LogP contribution in [0.4, 0.5) is 8.78 Å². The lowest BCUT2D eigenvalue weighted by molar-refractivity contribution is -0.0934. The van der Waals surface area contributed by atoms with Gasteiger partial charge in [0, 0.05) is 23.5 Å². The van der Waals surface area contributed by atoms with Gasteiger partial charge >= 0.3 is 0 Å². The summed E-state index contributed by atoms with van der Waals surface area (Å²) in [5.74, 6) is -0.661. The van der Waals surface area contributed by atoms with Gasteiger partial charge in [0.2, 0.25) is 0 Å². The third kappa shape index (κ3) is 1.93. The van der Waals surface area contributed by atoms with Gasteiger partial charge in [-0.05, 0) is 25.0 Å². The van der Waals surface area contributed by atoms with Crippen molar-refractivity contribution in [3.05, 3.63) is 29.3 Å². The number of hydrogen-bond acceptors (Lipinski definition) is 2. The van der Waals surface area contributed by atoms with Crippen LogP contribution in [0.2, 0.25) is 0 Å². The van der Waals surface area contributed by atoms with Crippen LogP contribution in [0.1, 0.15) is 38.7 Å². The molecule has 0 radical (unpaired) electrons. The van der Waals surface area contributed by atoms with E-state index >= 15 is 0 Å². The largest absolute Gasteiger partial charge is 0.490 e. The summed E-state index contributed by atoms with van der Waals surface area (Å²) < 4.78 is 39.6. The van der Waals surface area contributed by atoms with Gasteiger partial charge in [-0.25, -0.2) is 8.78 Å². The average Bonchev–Trinajstić information content (AvgIpc) is 2.42. The summed E-state index contributed by atoms with van der Waals surface area (Å²) in [6.45, 7) is 5.11. The van der Waals surface area contributed by atoms with Crippen molar-refractivity contribution < 1.29 is 18.3 Å². The highest BCUT2D eigenvalue weighted by Crippen LogP contribution is 2.50. The summed E-state index contributed by atoms with van der Waals surface area (Å²) in [7, 11) is 0. The maximum Gasteiger partial charge on any atom is 0.165 e. The lowest BCUT2D eigenvalue weighted by Crippen LogP contribution is -2.52. The standard InChI is InChI=1S/C16H20F2O2/c1-3-4-13-10-9-20-15-12(18)6-5-11(17)14(15)16(10,2)7-8-19-13/h5-6,10,13H,3-4,7-9H2,1-2H3/t10-,13?,16?/m1/s1. The van der Waals surface area contributed by atoms with E-state index in [0.717, 1.165) is 18.9 Å². The minimum absolute atomic E-state index is 0.0644. The SMILES string of the molecule is CCCC1OCCC2(C)c3c(F)ccc(F)c3OC[C@H]12. The Labute approximate surface area is 118 Å². The third-order valence-electron chi connectivity index (χ3n) is 4.83. The van der Waals surface area contributed by atoms with E-state index in [-0.39, 0.29) is 23.6 Å². The number of hydrogen-bond donors (Lipinski definition) is 0. The fourth-order valence-electron chi connectivity index (χ4n) is 3.68. The summed E-state index contributed by atoms with van der Waals surface area (Å²) in [5, 5.41) is 0. The Bertz CT molecular complexity index is 515. The molecule has 0 saturated carbocycles. The van der Waals surface area contributed by atoms with E-state index in [9.17, 15) is 8.78 Å². The van der Waals surface area contributed by atoms with Crippen molar-refractivity contribution >= 4 is 0 Å². The molecule has 1 aromatic rings. The van der Waals surface area contributed by atoms with Crippen LogP contribution in [0, 0.1) is 17.6 Å². The molecule has 1 fully saturated rings. The molecule has 0 spiro atoms. The Balaban J connectivity index is 2.08. The molecule has 110 valence electrons. The zero-order valence-electron chi connectivity index (χ0n) is 11.9. The molecule has 2 aliphatic heterocycles. The fraction of sp³-hybridized carbons (Fsp3) is 0.625. The molecule has 2 aliphatic rings. The molecule has 20 heavy (non-hydrogen) atoms. The monoisotopic (exact) mass is 282 g/mol. The van der Waals surface area contributed by atoms with Crippen LogP contribution < -0.4 is 4.74 Å². The fourth-order valence-corrected chi connectivity index (χ4v) is 3.68. The number of ether oxygens (including phenoxy) is 2. The van der Waals surface area contributed by atoms with Crippen molar-refractivity contribution in [2.45, 2.75) is 44.6 Å². The van der Waals surface area contributed by atoms with Gasteiger partial charge in [-0.1, -0.05) is 20.3 Å². The topological polar surface area (TPSA) is 18.5 Å². The second kappa shape index (κ2) is 4.99. The highest BCUT2D eigenvalue weighted by molar-refractivity contribution is 5.44. The molecule has 4 heteroatoms. The summed E-state index contributed by atoms with van der Waals surface area (Å²) in [6, 6.07) is 2.34. The number of benzene rings is 1. The molecular weight excluding hydrogens is 262 g/mol. The van der Waals surface area contributed by atoms with E-state index in [4.69, 9.17) is 9.47 Å². The second-order valence-corrected chi connectivity index (χ2v) is 6.02. The van der Waals surface area contributed by atoms with Gasteiger partial charge in [0.25, 0.3) is 0 Å². The molecule has 2 heterocycles. The van der Waals surface area contributed by atoms with E-state index in [0.29, 0.717) is 25.2 Å². The minimum atomic E-state index is -0.473. The zero-order chi connectivity index (χ0) is 14.3. The van der Waals surface area contributed by atoms with Crippen molar-refractivity contribution in [3.8, 4) is 5.75 Å². The zero-order valence-corrected chi connectivity index (χ0v) is 11.9. The van der Waals surface area contributed by atoms with Crippen LogP contribution in [-0.4, -0.2) is 19.3 Å². The van der Waals surface area contributed by atoms with Crippen molar-refractivity contribution in [2.24, 2.45) is 5.92 Å². The molecule has 2 nitrogen and oxygen atoms in total. The van der Waals surface area contributed by atoms with Crippen LogP contribution in [0.3, 0.4) is 0 Å². The second-order valence-electron chi connectivity index (χ2n) is 6.02. The Hall–Kier alpha value is -1.16. The van der Waals surface area contributed by atoms with Gasteiger partial charge in [-0.2, -0.15) is 0 Å². The lowest BCUT2D eigenvalue weighted by atomic mass is 9.64. The molecule has 0 aliphatic carbocycles. The molecule has 1 aromatic carbocycles. The smallest absolute Gasteiger partial charge is 0.165 e. The Morgan fingerprint density at radius 3 is 2.80 bits per heavy atom. The van der Waals surface area contributed by atoms with Gasteiger partial charge < -0.3 is 9.47 Å². The summed E-state index contributed by atoms with van der Waals surface area (Å²) in [6.07, 6.45) is 2.70.